The van der Waals surface area contributed by atoms with E-state index in [1.54, 1.807) is 6.33 Å². The van der Waals surface area contributed by atoms with Gasteiger partial charge < -0.3 is 10.8 Å². The first-order chi connectivity index (χ1) is 9.16. The van der Waals surface area contributed by atoms with E-state index in [-0.39, 0.29) is 5.56 Å². The minimum absolute atomic E-state index is 0.142. The van der Waals surface area contributed by atoms with Crippen LogP contribution in [0.15, 0.2) is 48.8 Å². The van der Waals surface area contributed by atoms with E-state index < -0.39 is 5.97 Å². The number of para-hydroxylation sites is 1. The van der Waals surface area contributed by atoms with Crippen molar-refractivity contribution in [3.63, 3.8) is 0 Å². The van der Waals surface area contributed by atoms with Crippen molar-refractivity contribution in [1.82, 2.24) is 9.55 Å². The number of nitrogen functional groups attached to an aromatic ring is 1. The van der Waals surface area contributed by atoms with E-state index in [9.17, 15) is 4.79 Å². The molecule has 0 aliphatic rings. The van der Waals surface area contributed by atoms with Gasteiger partial charge in [0.05, 0.1) is 22.3 Å². The molecule has 1 aromatic heterocycles. The van der Waals surface area contributed by atoms with Gasteiger partial charge in [-0.1, -0.05) is 18.2 Å². The van der Waals surface area contributed by atoms with Gasteiger partial charge in [-0.25, -0.2) is 9.78 Å². The summed E-state index contributed by atoms with van der Waals surface area (Å²) in [6.45, 7) is 0. The van der Waals surface area contributed by atoms with Gasteiger partial charge >= 0.3 is 5.97 Å². The largest absolute Gasteiger partial charge is 0.478 e. The maximum absolute atomic E-state index is 11.0. The fourth-order valence-corrected chi connectivity index (χ4v) is 2.09. The van der Waals surface area contributed by atoms with Gasteiger partial charge in [-0.3, -0.25) is 4.57 Å². The van der Waals surface area contributed by atoms with Crippen LogP contribution in [-0.4, -0.2) is 20.6 Å². The van der Waals surface area contributed by atoms with Crippen molar-refractivity contribution in [3.8, 4) is 5.69 Å². The molecule has 5 nitrogen and oxygen atoms in total. The van der Waals surface area contributed by atoms with Gasteiger partial charge in [0.25, 0.3) is 0 Å². The summed E-state index contributed by atoms with van der Waals surface area (Å²) < 4.78 is 1.84. The summed E-state index contributed by atoms with van der Waals surface area (Å²) in [6.07, 6.45) is 1.64. The van der Waals surface area contributed by atoms with Crippen LogP contribution in [0.5, 0.6) is 0 Å². The number of hydrogen-bond donors (Lipinski definition) is 2. The molecule has 0 unspecified atom stereocenters. The molecule has 0 radical (unpaired) electrons. The second-order valence-electron chi connectivity index (χ2n) is 4.19. The zero-order chi connectivity index (χ0) is 13.4. The van der Waals surface area contributed by atoms with E-state index in [1.165, 1.54) is 12.1 Å². The molecule has 1 heterocycles. The van der Waals surface area contributed by atoms with E-state index in [1.807, 2.05) is 34.9 Å². The van der Waals surface area contributed by atoms with Crippen molar-refractivity contribution >= 4 is 22.7 Å². The first-order valence-corrected chi connectivity index (χ1v) is 5.72. The second-order valence-corrected chi connectivity index (χ2v) is 4.19. The number of anilines is 1. The van der Waals surface area contributed by atoms with Gasteiger partial charge in [0.1, 0.15) is 6.33 Å². The summed E-state index contributed by atoms with van der Waals surface area (Å²) in [7, 11) is 0. The summed E-state index contributed by atoms with van der Waals surface area (Å²) in [5.74, 6) is -1.01. The number of nitrogens with two attached hydrogens (primary N) is 1. The Morgan fingerprint density at radius 1 is 1.21 bits per heavy atom. The molecule has 94 valence electrons. The molecule has 0 amide bonds. The standard InChI is InChI=1S/C14H11N3O2/c15-11-6-9(14(18)19)7-12-13(11)17(8-16-12)10-4-2-1-3-5-10/h1-8H,15H2,(H,18,19). The number of aromatic carboxylic acids is 1. The summed E-state index contributed by atoms with van der Waals surface area (Å²) in [4.78, 5) is 15.2. The van der Waals surface area contributed by atoms with Gasteiger partial charge in [-0.15, -0.1) is 0 Å². The number of fused-ring (bicyclic) bond motifs is 1. The number of imidazole rings is 1. The van der Waals surface area contributed by atoms with Crippen LogP contribution in [0.25, 0.3) is 16.7 Å². The number of hydrogen-bond acceptors (Lipinski definition) is 3. The average Bonchev–Trinajstić information content (AvgIpc) is 2.84. The summed E-state index contributed by atoms with van der Waals surface area (Å²) in [5, 5.41) is 9.00. The summed E-state index contributed by atoms with van der Waals surface area (Å²) in [6, 6.07) is 12.6. The van der Waals surface area contributed by atoms with Gasteiger partial charge in [0, 0.05) is 5.69 Å². The van der Waals surface area contributed by atoms with Gasteiger partial charge in [0.15, 0.2) is 0 Å². The van der Waals surface area contributed by atoms with E-state index in [2.05, 4.69) is 4.98 Å². The maximum Gasteiger partial charge on any atom is 0.335 e. The molecule has 5 heteroatoms. The molecule has 0 fully saturated rings. The average molecular weight is 253 g/mol. The fraction of sp³-hybridized carbons (Fsp3) is 0. The van der Waals surface area contributed by atoms with Crippen molar-refractivity contribution in [2.45, 2.75) is 0 Å². The topological polar surface area (TPSA) is 81.1 Å². The number of benzene rings is 2. The highest BCUT2D eigenvalue weighted by molar-refractivity contribution is 5.98. The quantitative estimate of drug-likeness (QED) is 0.687. The molecule has 2 aromatic carbocycles. The molecule has 3 aromatic rings. The fourth-order valence-electron chi connectivity index (χ4n) is 2.09. The third-order valence-corrected chi connectivity index (χ3v) is 2.95. The van der Waals surface area contributed by atoms with E-state index >= 15 is 0 Å². The van der Waals surface area contributed by atoms with Crippen molar-refractivity contribution in [2.75, 3.05) is 5.73 Å². The molecular formula is C14H11N3O2. The number of carbonyl (C=O) groups is 1. The Labute approximate surface area is 108 Å². The number of carboxylic acids is 1. The highest BCUT2D eigenvalue weighted by Crippen LogP contribution is 2.25. The molecule has 0 atom stereocenters. The Morgan fingerprint density at radius 2 is 1.95 bits per heavy atom. The molecule has 0 aliphatic heterocycles. The van der Waals surface area contributed by atoms with Crippen LogP contribution >= 0.6 is 0 Å². The second kappa shape index (κ2) is 4.13. The Bertz CT molecular complexity index is 763. The predicted octanol–water partition coefficient (Wildman–Crippen LogP) is 2.31. The normalized spacial score (nSPS) is 10.7. The van der Waals surface area contributed by atoms with Crippen LogP contribution in [0.4, 0.5) is 5.69 Å². The molecule has 0 aliphatic carbocycles. The lowest BCUT2D eigenvalue weighted by atomic mass is 10.1. The van der Waals surface area contributed by atoms with Gasteiger partial charge in [-0.05, 0) is 24.3 Å². The lowest BCUT2D eigenvalue weighted by Crippen LogP contribution is -2.00. The molecule has 0 spiro atoms. The van der Waals surface area contributed by atoms with E-state index in [0.717, 1.165) is 11.2 Å². The van der Waals surface area contributed by atoms with Crippen LogP contribution in [0.2, 0.25) is 0 Å². The number of carboxylic acid groups (broad SMARTS) is 1. The van der Waals surface area contributed by atoms with Crippen LogP contribution < -0.4 is 5.73 Å². The molecule has 0 bridgehead atoms. The monoisotopic (exact) mass is 253 g/mol. The third-order valence-electron chi connectivity index (χ3n) is 2.95. The van der Waals surface area contributed by atoms with Crippen molar-refractivity contribution < 1.29 is 9.90 Å². The van der Waals surface area contributed by atoms with Gasteiger partial charge in [0.2, 0.25) is 0 Å². The summed E-state index contributed by atoms with van der Waals surface area (Å²) in [5.41, 5.74) is 8.71. The zero-order valence-electron chi connectivity index (χ0n) is 9.95. The predicted molar refractivity (Wildman–Crippen MR) is 72.4 cm³/mol. The lowest BCUT2D eigenvalue weighted by Gasteiger charge is -2.06. The van der Waals surface area contributed by atoms with Crippen LogP contribution in [0.1, 0.15) is 10.4 Å². The smallest absolute Gasteiger partial charge is 0.335 e. The Morgan fingerprint density at radius 3 is 2.63 bits per heavy atom. The molecule has 0 saturated heterocycles. The van der Waals surface area contributed by atoms with Crippen LogP contribution in [0.3, 0.4) is 0 Å². The number of nitrogens with zero attached hydrogens (tertiary/aromatic N) is 2. The van der Waals surface area contributed by atoms with E-state index in [4.69, 9.17) is 10.8 Å². The molecular weight excluding hydrogens is 242 g/mol. The molecule has 3 N–H and O–H groups in total. The SMILES string of the molecule is Nc1cc(C(=O)O)cc2ncn(-c3ccccc3)c12. The van der Waals surface area contributed by atoms with Crippen molar-refractivity contribution in [3.05, 3.63) is 54.4 Å². The Kier molecular flexibility index (Phi) is 2.45. The zero-order valence-corrected chi connectivity index (χ0v) is 9.95. The Balaban J connectivity index is 2.27. The minimum atomic E-state index is -1.01. The van der Waals surface area contributed by atoms with Crippen molar-refractivity contribution in [2.24, 2.45) is 0 Å². The van der Waals surface area contributed by atoms with Crippen molar-refractivity contribution in [1.29, 1.82) is 0 Å². The Hall–Kier alpha value is -2.82. The highest BCUT2D eigenvalue weighted by atomic mass is 16.4. The summed E-state index contributed by atoms with van der Waals surface area (Å²) >= 11 is 0. The minimum Gasteiger partial charge on any atom is -0.478 e. The van der Waals surface area contributed by atoms with E-state index in [0.29, 0.717) is 11.2 Å². The molecule has 3 rings (SSSR count). The number of rotatable bonds is 2. The molecule has 19 heavy (non-hydrogen) atoms. The van der Waals surface area contributed by atoms with Crippen LogP contribution in [-0.2, 0) is 0 Å². The highest BCUT2D eigenvalue weighted by Gasteiger charge is 2.12. The maximum atomic E-state index is 11.0. The number of aromatic nitrogens is 2. The first-order valence-electron chi connectivity index (χ1n) is 5.72. The lowest BCUT2D eigenvalue weighted by molar-refractivity contribution is 0.0697. The van der Waals surface area contributed by atoms with Gasteiger partial charge in [-0.2, -0.15) is 0 Å². The van der Waals surface area contributed by atoms with Crippen LogP contribution in [0, 0.1) is 0 Å². The third kappa shape index (κ3) is 1.81. The molecule has 0 saturated carbocycles. The first kappa shape index (κ1) is 11.3.